The molecule has 2 N–H and O–H groups in total. The molecule has 0 radical (unpaired) electrons. The predicted molar refractivity (Wildman–Crippen MR) is 82.2 cm³/mol. The minimum absolute atomic E-state index is 0.249. The Morgan fingerprint density at radius 2 is 1.86 bits per heavy atom. The molecular formula is C16H12N4O. The summed E-state index contributed by atoms with van der Waals surface area (Å²) in [5, 5.41) is 14.4. The van der Waals surface area contributed by atoms with Gasteiger partial charge in [0.1, 0.15) is 0 Å². The number of aryl methyl sites for hydroxylation is 1. The van der Waals surface area contributed by atoms with E-state index in [1.165, 1.54) is 11.1 Å². The molecule has 5 nitrogen and oxygen atoms in total. The molecule has 4 rings (SSSR count). The van der Waals surface area contributed by atoms with Crippen molar-refractivity contribution in [2.75, 3.05) is 0 Å². The van der Waals surface area contributed by atoms with Gasteiger partial charge in [-0.3, -0.25) is 15.0 Å². The van der Waals surface area contributed by atoms with Crippen LogP contribution in [0.2, 0.25) is 0 Å². The van der Waals surface area contributed by atoms with Crippen molar-refractivity contribution in [1.82, 2.24) is 20.4 Å². The van der Waals surface area contributed by atoms with Crippen LogP contribution in [-0.4, -0.2) is 20.4 Å². The number of nitrogens with zero attached hydrogens (tertiary/aromatic N) is 2. The van der Waals surface area contributed by atoms with Crippen molar-refractivity contribution in [2.45, 2.75) is 6.92 Å². The van der Waals surface area contributed by atoms with Gasteiger partial charge in [0.05, 0.1) is 11.0 Å². The highest BCUT2D eigenvalue weighted by atomic mass is 16.1. The maximum Gasteiger partial charge on any atom is 0.292 e. The molecule has 0 fully saturated rings. The summed E-state index contributed by atoms with van der Waals surface area (Å²) in [6, 6.07) is 14.2. The topological polar surface area (TPSA) is 74.4 Å². The highest BCUT2D eigenvalue weighted by Gasteiger charge is 2.10. The molecule has 0 spiro atoms. The maximum absolute atomic E-state index is 11.6. The van der Waals surface area contributed by atoms with Gasteiger partial charge in [-0.2, -0.15) is 0 Å². The van der Waals surface area contributed by atoms with Crippen molar-refractivity contribution in [2.24, 2.45) is 0 Å². The summed E-state index contributed by atoms with van der Waals surface area (Å²) in [6.45, 7) is 2.08. The quantitative estimate of drug-likeness (QED) is 0.561. The number of rotatable bonds is 1. The zero-order valence-corrected chi connectivity index (χ0v) is 11.3. The molecule has 4 aromatic rings. The molecule has 0 aliphatic heterocycles. The molecular weight excluding hydrogens is 264 g/mol. The average Bonchev–Trinajstić information content (AvgIpc) is 2.89. The SMILES string of the molecule is Cc1ccccc1-c1ccc2nnc3c(=O)[nH][nH]c3c2c1. The Balaban J connectivity index is 2.07. The minimum atomic E-state index is -0.249. The van der Waals surface area contributed by atoms with Crippen LogP contribution in [0.1, 0.15) is 5.56 Å². The smallest absolute Gasteiger partial charge is 0.292 e. The summed E-state index contributed by atoms with van der Waals surface area (Å²) in [5.41, 5.74) is 5.01. The Hall–Kier alpha value is -2.95. The number of benzene rings is 2. The first kappa shape index (κ1) is 11.8. The highest BCUT2D eigenvalue weighted by Crippen LogP contribution is 2.27. The van der Waals surface area contributed by atoms with Gasteiger partial charge in [0.25, 0.3) is 5.56 Å². The number of aromatic amines is 2. The number of nitrogens with one attached hydrogen (secondary N) is 2. The molecule has 0 atom stereocenters. The normalized spacial score (nSPS) is 11.3. The van der Waals surface area contributed by atoms with E-state index in [2.05, 4.69) is 39.5 Å². The zero-order chi connectivity index (χ0) is 14.4. The number of hydrogen-bond donors (Lipinski definition) is 2. The van der Waals surface area contributed by atoms with Gasteiger partial charge >= 0.3 is 0 Å². The molecule has 5 heteroatoms. The number of fused-ring (bicyclic) bond motifs is 3. The summed E-state index contributed by atoms with van der Waals surface area (Å²) in [6.07, 6.45) is 0. The average molecular weight is 276 g/mol. The van der Waals surface area contributed by atoms with Crippen LogP contribution in [-0.2, 0) is 0 Å². The zero-order valence-electron chi connectivity index (χ0n) is 11.3. The Kier molecular flexibility index (Phi) is 2.41. The third kappa shape index (κ3) is 1.74. The molecule has 0 saturated carbocycles. The second kappa shape index (κ2) is 4.28. The fourth-order valence-electron chi connectivity index (χ4n) is 2.63. The van der Waals surface area contributed by atoms with E-state index in [1.807, 2.05) is 30.3 Å². The summed E-state index contributed by atoms with van der Waals surface area (Å²) < 4.78 is 0. The van der Waals surface area contributed by atoms with E-state index in [-0.39, 0.29) is 5.56 Å². The van der Waals surface area contributed by atoms with Gasteiger partial charge in [0.2, 0.25) is 0 Å². The lowest BCUT2D eigenvalue weighted by molar-refractivity contribution is 1.08. The predicted octanol–water partition coefficient (Wildman–Crippen LogP) is 2.77. The fourth-order valence-corrected chi connectivity index (χ4v) is 2.63. The van der Waals surface area contributed by atoms with Gasteiger partial charge in [-0.25, -0.2) is 0 Å². The lowest BCUT2D eigenvalue weighted by Crippen LogP contribution is -2.00. The van der Waals surface area contributed by atoms with Gasteiger partial charge in [-0.15, -0.1) is 10.2 Å². The van der Waals surface area contributed by atoms with Crippen molar-refractivity contribution in [3.63, 3.8) is 0 Å². The van der Waals surface area contributed by atoms with E-state index in [1.54, 1.807) is 0 Å². The van der Waals surface area contributed by atoms with Gasteiger partial charge in [-0.1, -0.05) is 30.3 Å². The number of H-pyrrole nitrogens is 2. The van der Waals surface area contributed by atoms with Crippen LogP contribution >= 0.6 is 0 Å². The molecule has 0 amide bonds. The fraction of sp³-hybridized carbons (Fsp3) is 0.0625. The largest absolute Gasteiger partial charge is 0.295 e. The van der Waals surface area contributed by atoms with Crippen molar-refractivity contribution in [3.05, 3.63) is 58.4 Å². The molecule has 2 aromatic heterocycles. The van der Waals surface area contributed by atoms with Crippen LogP contribution in [0.3, 0.4) is 0 Å². The second-order valence-corrected chi connectivity index (χ2v) is 5.05. The lowest BCUT2D eigenvalue weighted by atomic mass is 9.99. The molecule has 102 valence electrons. The van der Waals surface area contributed by atoms with Crippen molar-refractivity contribution < 1.29 is 0 Å². The van der Waals surface area contributed by atoms with E-state index in [0.29, 0.717) is 11.0 Å². The number of hydrogen-bond acceptors (Lipinski definition) is 3. The first-order valence-electron chi connectivity index (χ1n) is 6.67. The lowest BCUT2D eigenvalue weighted by Gasteiger charge is -2.07. The van der Waals surface area contributed by atoms with Crippen LogP contribution in [0, 0.1) is 6.92 Å². The van der Waals surface area contributed by atoms with Crippen LogP contribution < -0.4 is 5.56 Å². The van der Waals surface area contributed by atoms with Gasteiger partial charge in [-0.05, 0) is 35.7 Å². The Morgan fingerprint density at radius 3 is 2.71 bits per heavy atom. The molecule has 21 heavy (non-hydrogen) atoms. The summed E-state index contributed by atoms with van der Waals surface area (Å²) >= 11 is 0. The van der Waals surface area contributed by atoms with Gasteiger partial charge < -0.3 is 0 Å². The summed E-state index contributed by atoms with van der Waals surface area (Å²) in [4.78, 5) is 11.6. The van der Waals surface area contributed by atoms with E-state index < -0.39 is 0 Å². The standard InChI is InChI=1S/C16H12N4O/c1-9-4-2-3-5-11(9)10-6-7-13-12(8-10)14-15(19-17-13)16(21)20-18-14/h2-8H,1H3,(H2,18,20,21). The monoisotopic (exact) mass is 276 g/mol. The Labute approximate surface area is 119 Å². The molecule has 0 aliphatic rings. The van der Waals surface area contributed by atoms with Gasteiger partial charge in [0, 0.05) is 5.39 Å². The molecule has 2 heterocycles. The van der Waals surface area contributed by atoms with Crippen LogP contribution in [0.4, 0.5) is 0 Å². The molecule has 0 saturated heterocycles. The van der Waals surface area contributed by atoms with Crippen molar-refractivity contribution >= 4 is 21.9 Å². The first-order valence-corrected chi connectivity index (χ1v) is 6.67. The van der Waals surface area contributed by atoms with Crippen molar-refractivity contribution in [1.29, 1.82) is 0 Å². The third-order valence-corrected chi connectivity index (χ3v) is 3.73. The molecule has 0 unspecified atom stereocenters. The molecule has 0 aliphatic carbocycles. The summed E-state index contributed by atoms with van der Waals surface area (Å²) in [7, 11) is 0. The highest BCUT2D eigenvalue weighted by molar-refractivity contribution is 6.02. The second-order valence-electron chi connectivity index (χ2n) is 5.05. The van der Waals surface area contributed by atoms with Gasteiger partial charge in [0.15, 0.2) is 5.52 Å². The van der Waals surface area contributed by atoms with Crippen LogP contribution in [0.25, 0.3) is 33.1 Å². The van der Waals surface area contributed by atoms with Crippen LogP contribution in [0.15, 0.2) is 47.3 Å². The molecule has 0 bridgehead atoms. The van der Waals surface area contributed by atoms with E-state index in [9.17, 15) is 4.79 Å². The Morgan fingerprint density at radius 1 is 1.00 bits per heavy atom. The summed E-state index contributed by atoms with van der Waals surface area (Å²) in [5.74, 6) is 0. The van der Waals surface area contributed by atoms with E-state index in [4.69, 9.17) is 0 Å². The Bertz CT molecular complexity index is 1030. The van der Waals surface area contributed by atoms with E-state index >= 15 is 0 Å². The molecule has 2 aromatic carbocycles. The maximum atomic E-state index is 11.6. The minimum Gasteiger partial charge on any atom is -0.295 e. The van der Waals surface area contributed by atoms with Crippen LogP contribution in [0.5, 0.6) is 0 Å². The van der Waals surface area contributed by atoms with E-state index in [0.717, 1.165) is 16.5 Å². The number of aromatic nitrogens is 4. The third-order valence-electron chi connectivity index (χ3n) is 3.73. The van der Waals surface area contributed by atoms with Crippen molar-refractivity contribution in [3.8, 4) is 11.1 Å². The first-order chi connectivity index (χ1) is 10.2.